The smallest absolute Gasteiger partial charge is 0.434 e. The molecule has 0 radical (unpaired) electrons. The number of imidazole rings is 1. The van der Waals surface area contributed by atoms with E-state index in [2.05, 4.69) is 30.6 Å². The molecule has 0 saturated carbocycles. The van der Waals surface area contributed by atoms with E-state index in [1.54, 1.807) is 0 Å². The summed E-state index contributed by atoms with van der Waals surface area (Å²) in [6.07, 6.45) is -11.4. The zero-order valence-corrected chi connectivity index (χ0v) is 10.8. The third-order valence-corrected chi connectivity index (χ3v) is 2.52. The number of fused-ring (bicyclic) bond motifs is 1. The van der Waals surface area contributed by atoms with Crippen LogP contribution >= 0.6 is 15.9 Å². The van der Waals surface area contributed by atoms with E-state index in [1.807, 2.05) is 0 Å². The Morgan fingerprint density at radius 3 is 2.30 bits per heavy atom. The Morgan fingerprint density at radius 2 is 1.75 bits per heavy atom. The van der Waals surface area contributed by atoms with E-state index in [0.717, 1.165) is 0 Å². The molecule has 0 N–H and O–H groups in total. The molecule has 4 nitrogen and oxygen atoms in total. The second kappa shape index (κ2) is 4.79. The summed E-state index contributed by atoms with van der Waals surface area (Å²) in [4.78, 5) is 7.05. The lowest BCUT2D eigenvalue weighted by atomic mass is 10.3. The van der Waals surface area contributed by atoms with Gasteiger partial charge in [-0.3, -0.25) is 4.40 Å². The van der Waals surface area contributed by atoms with Crippen molar-refractivity contribution in [3.05, 3.63) is 23.2 Å². The van der Waals surface area contributed by atoms with Crippen LogP contribution in [0.2, 0.25) is 0 Å². The van der Waals surface area contributed by atoms with Gasteiger partial charge in [0.2, 0.25) is 5.65 Å². The lowest BCUT2D eigenvalue weighted by Gasteiger charge is -2.23. The van der Waals surface area contributed by atoms with Crippen molar-refractivity contribution in [3.8, 4) is 5.88 Å². The van der Waals surface area contributed by atoms with Crippen LogP contribution in [0.4, 0.5) is 26.3 Å². The molecule has 110 valence electrons. The van der Waals surface area contributed by atoms with Gasteiger partial charge in [0.05, 0.1) is 0 Å². The molecule has 2 rings (SSSR count). The maximum absolute atomic E-state index is 12.4. The maximum Gasteiger partial charge on any atom is 0.434 e. The first-order valence-electron chi connectivity index (χ1n) is 4.88. The van der Waals surface area contributed by atoms with Gasteiger partial charge in [0.25, 0.3) is 12.0 Å². The SMILES string of the molecule is FC(F)(F)C(Oc1nc(Br)cn2ccnc12)C(F)(F)F. The summed E-state index contributed by atoms with van der Waals surface area (Å²) in [5.74, 6) is -0.871. The average molecular weight is 364 g/mol. The Kier molecular flexibility index (Phi) is 3.56. The third-order valence-electron chi connectivity index (χ3n) is 2.14. The molecule has 0 unspecified atom stereocenters. The van der Waals surface area contributed by atoms with Crippen LogP contribution in [0.15, 0.2) is 23.2 Å². The molecule has 0 saturated heterocycles. The number of ether oxygens (including phenoxy) is 1. The zero-order valence-electron chi connectivity index (χ0n) is 9.21. The highest BCUT2D eigenvalue weighted by atomic mass is 79.9. The highest BCUT2D eigenvalue weighted by molar-refractivity contribution is 9.10. The van der Waals surface area contributed by atoms with Gasteiger partial charge in [-0.05, 0) is 15.9 Å². The minimum Gasteiger partial charge on any atom is -0.452 e. The summed E-state index contributed by atoms with van der Waals surface area (Å²) < 4.78 is 79.7. The van der Waals surface area contributed by atoms with Crippen LogP contribution < -0.4 is 4.74 Å². The zero-order chi connectivity index (χ0) is 15.1. The molecule has 0 amide bonds. The summed E-state index contributed by atoms with van der Waals surface area (Å²) in [7, 11) is 0. The van der Waals surface area contributed by atoms with Crippen LogP contribution in [0.1, 0.15) is 0 Å². The first kappa shape index (κ1) is 14.9. The van der Waals surface area contributed by atoms with E-state index in [-0.39, 0.29) is 10.3 Å². The second-order valence-corrected chi connectivity index (χ2v) is 4.42. The highest BCUT2D eigenvalue weighted by Crippen LogP contribution is 2.37. The highest BCUT2D eigenvalue weighted by Gasteiger charge is 2.59. The molecule has 2 heterocycles. The van der Waals surface area contributed by atoms with E-state index < -0.39 is 24.3 Å². The fraction of sp³-hybridized carbons (Fsp3) is 0.333. The molecule has 0 spiro atoms. The summed E-state index contributed by atoms with van der Waals surface area (Å²) >= 11 is 2.86. The minimum atomic E-state index is -5.62. The maximum atomic E-state index is 12.4. The van der Waals surface area contributed by atoms with Crippen molar-refractivity contribution >= 4 is 21.6 Å². The van der Waals surface area contributed by atoms with Crippen LogP contribution in [-0.4, -0.2) is 32.8 Å². The largest absolute Gasteiger partial charge is 0.452 e. The molecule has 11 heteroatoms. The van der Waals surface area contributed by atoms with Gasteiger partial charge in [-0.15, -0.1) is 0 Å². The van der Waals surface area contributed by atoms with Gasteiger partial charge < -0.3 is 4.74 Å². The number of halogens is 7. The summed E-state index contributed by atoms with van der Waals surface area (Å²) in [6.45, 7) is 0. The van der Waals surface area contributed by atoms with Crippen LogP contribution in [0, 0.1) is 0 Å². The predicted molar refractivity (Wildman–Crippen MR) is 57.2 cm³/mol. The Morgan fingerprint density at radius 1 is 1.15 bits per heavy atom. The molecule has 0 aliphatic carbocycles. The lowest BCUT2D eigenvalue weighted by molar-refractivity contribution is -0.300. The number of alkyl halides is 6. The third kappa shape index (κ3) is 2.97. The van der Waals surface area contributed by atoms with Crippen molar-refractivity contribution < 1.29 is 31.1 Å². The van der Waals surface area contributed by atoms with Gasteiger partial charge in [0, 0.05) is 18.6 Å². The fourth-order valence-corrected chi connectivity index (χ4v) is 1.77. The normalized spacial score (nSPS) is 13.2. The monoisotopic (exact) mass is 363 g/mol. The van der Waals surface area contributed by atoms with Crippen molar-refractivity contribution in [2.75, 3.05) is 0 Å². The molecule has 0 atom stereocenters. The molecule has 0 fully saturated rings. The molecule has 2 aromatic heterocycles. The van der Waals surface area contributed by atoms with Crippen LogP contribution in [-0.2, 0) is 0 Å². The molecule has 2 aromatic rings. The predicted octanol–water partition coefficient (Wildman–Crippen LogP) is 3.36. The van der Waals surface area contributed by atoms with Crippen molar-refractivity contribution in [3.63, 3.8) is 0 Å². The number of hydrogen-bond donors (Lipinski definition) is 0. The number of nitrogens with zero attached hydrogens (tertiary/aromatic N) is 3. The van der Waals surface area contributed by atoms with E-state index in [9.17, 15) is 26.3 Å². The first-order chi connectivity index (χ1) is 9.09. The summed E-state index contributed by atoms with van der Waals surface area (Å²) in [6, 6.07) is 0. The second-order valence-electron chi connectivity index (χ2n) is 3.61. The van der Waals surface area contributed by atoms with Gasteiger partial charge in [-0.25, -0.2) is 9.97 Å². The molecule has 0 aliphatic rings. The Bertz CT molecular complexity index is 608. The Hall–Kier alpha value is -1.52. The topological polar surface area (TPSA) is 39.4 Å². The van der Waals surface area contributed by atoms with Crippen molar-refractivity contribution in [1.29, 1.82) is 0 Å². The van der Waals surface area contributed by atoms with Crippen LogP contribution in [0.3, 0.4) is 0 Å². The molecule has 0 aromatic carbocycles. The number of aromatic nitrogens is 3. The van der Waals surface area contributed by atoms with E-state index in [4.69, 9.17) is 0 Å². The Labute approximate surface area is 115 Å². The van der Waals surface area contributed by atoms with E-state index >= 15 is 0 Å². The molecular weight excluding hydrogens is 360 g/mol. The summed E-state index contributed by atoms with van der Waals surface area (Å²) in [5, 5.41) is 0. The van der Waals surface area contributed by atoms with Gasteiger partial charge in [-0.1, -0.05) is 0 Å². The van der Waals surface area contributed by atoms with Gasteiger partial charge in [0.1, 0.15) is 4.60 Å². The van der Waals surface area contributed by atoms with Gasteiger partial charge >= 0.3 is 12.4 Å². The fourth-order valence-electron chi connectivity index (χ4n) is 1.38. The molecular formula is C9H4BrF6N3O. The van der Waals surface area contributed by atoms with Crippen molar-refractivity contribution in [2.45, 2.75) is 18.5 Å². The quantitative estimate of drug-likeness (QED) is 0.768. The molecule has 0 bridgehead atoms. The average Bonchev–Trinajstić information content (AvgIpc) is 2.69. The van der Waals surface area contributed by atoms with Gasteiger partial charge in [-0.2, -0.15) is 26.3 Å². The lowest BCUT2D eigenvalue weighted by Crippen LogP contribution is -2.46. The number of rotatable bonds is 2. The van der Waals surface area contributed by atoms with Crippen molar-refractivity contribution in [1.82, 2.24) is 14.4 Å². The molecule has 0 aliphatic heterocycles. The summed E-state index contributed by atoms with van der Waals surface area (Å²) in [5.41, 5.74) is -0.258. The van der Waals surface area contributed by atoms with E-state index in [0.29, 0.717) is 0 Å². The molecule has 20 heavy (non-hydrogen) atoms. The minimum absolute atomic E-state index is 0.00102. The van der Waals surface area contributed by atoms with E-state index in [1.165, 1.54) is 23.0 Å². The number of hydrogen-bond acceptors (Lipinski definition) is 3. The standard InChI is InChI=1S/C9H4BrF6N3O/c10-4-3-19-2-1-17-5(19)6(18-4)20-7(8(11,12)13)9(14,15)16/h1-3,7H. The van der Waals surface area contributed by atoms with Crippen LogP contribution in [0.25, 0.3) is 5.65 Å². The van der Waals surface area contributed by atoms with Crippen molar-refractivity contribution in [2.24, 2.45) is 0 Å². The Balaban J connectivity index is 2.46. The first-order valence-corrected chi connectivity index (χ1v) is 5.67. The van der Waals surface area contributed by atoms with Gasteiger partial charge in [0.15, 0.2) is 0 Å². The van der Waals surface area contributed by atoms with Crippen LogP contribution in [0.5, 0.6) is 5.88 Å².